The van der Waals surface area contributed by atoms with Gasteiger partial charge in [-0.2, -0.15) is 0 Å². The third-order valence-electron chi connectivity index (χ3n) is 5.73. The van der Waals surface area contributed by atoms with Gasteiger partial charge in [-0.15, -0.1) is 0 Å². The van der Waals surface area contributed by atoms with Crippen molar-refractivity contribution in [1.82, 2.24) is 9.80 Å². The lowest BCUT2D eigenvalue weighted by Gasteiger charge is -2.36. The van der Waals surface area contributed by atoms with Crippen LogP contribution in [0, 0.1) is 0 Å². The highest BCUT2D eigenvalue weighted by atomic mass is 35.5. The van der Waals surface area contributed by atoms with Crippen LogP contribution in [0.3, 0.4) is 0 Å². The van der Waals surface area contributed by atoms with Crippen LogP contribution >= 0.6 is 11.6 Å². The second-order valence-corrected chi connectivity index (χ2v) is 7.93. The molecule has 4 rings (SSSR count). The van der Waals surface area contributed by atoms with Crippen LogP contribution in [0.25, 0.3) is 0 Å². The summed E-state index contributed by atoms with van der Waals surface area (Å²) in [7, 11) is 0. The van der Waals surface area contributed by atoms with Crippen LogP contribution in [0.15, 0.2) is 42.5 Å². The Bertz CT molecular complexity index is 774. The van der Waals surface area contributed by atoms with E-state index >= 15 is 0 Å². The zero-order valence-corrected chi connectivity index (χ0v) is 16.5. The van der Waals surface area contributed by atoms with E-state index in [1.165, 1.54) is 22.5 Å². The van der Waals surface area contributed by atoms with Gasteiger partial charge < -0.3 is 14.9 Å². The summed E-state index contributed by atoms with van der Waals surface area (Å²) in [4.78, 5) is 7.36. The standard InChI is InChI=1S/C22H28ClN3O/c23-20-6-7-22-19(17-20)16-18-4-1-2-5-21(18)26(22)9-3-8-24-10-12-25(13-11-24)14-15-27/h1-2,4-7,17,27H,3,8-16H2. The first-order chi connectivity index (χ1) is 13.2. The first-order valence-electron chi connectivity index (χ1n) is 9.94. The molecule has 2 aromatic rings. The Morgan fingerprint density at radius 2 is 1.52 bits per heavy atom. The van der Waals surface area contributed by atoms with Crippen LogP contribution < -0.4 is 4.90 Å². The van der Waals surface area contributed by atoms with Crippen LogP contribution in [0.1, 0.15) is 17.5 Å². The first-order valence-corrected chi connectivity index (χ1v) is 10.3. The molecule has 144 valence electrons. The van der Waals surface area contributed by atoms with Crippen LogP contribution in [-0.2, 0) is 6.42 Å². The number of benzene rings is 2. The average Bonchev–Trinajstić information content (AvgIpc) is 2.69. The molecule has 1 fully saturated rings. The molecule has 0 radical (unpaired) electrons. The van der Waals surface area contributed by atoms with Crippen molar-refractivity contribution < 1.29 is 5.11 Å². The van der Waals surface area contributed by atoms with Gasteiger partial charge in [0.05, 0.1) is 6.61 Å². The highest BCUT2D eigenvalue weighted by Crippen LogP contribution is 2.39. The summed E-state index contributed by atoms with van der Waals surface area (Å²) in [5.41, 5.74) is 5.33. The molecule has 4 nitrogen and oxygen atoms in total. The van der Waals surface area contributed by atoms with E-state index in [1.807, 2.05) is 6.07 Å². The van der Waals surface area contributed by atoms with E-state index in [-0.39, 0.29) is 6.61 Å². The molecule has 1 N–H and O–H groups in total. The fourth-order valence-corrected chi connectivity index (χ4v) is 4.48. The predicted molar refractivity (Wildman–Crippen MR) is 112 cm³/mol. The number of β-amino-alcohol motifs (C(OH)–C–C–N with tert-alkyl or cyclic N) is 1. The van der Waals surface area contributed by atoms with Crippen LogP contribution in [0.4, 0.5) is 11.4 Å². The number of aliphatic hydroxyl groups is 1. The van der Waals surface area contributed by atoms with Crippen molar-refractivity contribution in [2.45, 2.75) is 12.8 Å². The van der Waals surface area contributed by atoms with Gasteiger partial charge in [0.25, 0.3) is 0 Å². The monoisotopic (exact) mass is 385 g/mol. The van der Waals surface area contributed by atoms with Gasteiger partial charge in [0.15, 0.2) is 0 Å². The van der Waals surface area contributed by atoms with E-state index in [1.54, 1.807) is 0 Å². The maximum atomic E-state index is 9.08. The Morgan fingerprint density at radius 1 is 0.815 bits per heavy atom. The highest BCUT2D eigenvalue weighted by molar-refractivity contribution is 6.30. The maximum Gasteiger partial charge on any atom is 0.0558 e. The molecule has 2 aliphatic rings. The molecule has 27 heavy (non-hydrogen) atoms. The van der Waals surface area contributed by atoms with Crippen LogP contribution in [0.5, 0.6) is 0 Å². The molecule has 5 heteroatoms. The van der Waals surface area contributed by atoms with Crippen molar-refractivity contribution in [3.63, 3.8) is 0 Å². The van der Waals surface area contributed by atoms with Crippen molar-refractivity contribution in [3.8, 4) is 0 Å². The lowest BCUT2D eigenvalue weighted by atomic mass is 9.95. The fraction of sp³-hybridized carbons (Fsp3) is 0.455. The van der Waals surface area contributed by atoms with Crippen molar-refractivity contribution >= 4 is 23.0 Å². The van der Waals surface area contributed by atoms with Gasteiger partial charge in [-0.25, -0.2) is 0 Å². The lowest BCUT2D eigenvalue weighted by Crippen LogP contribution is -2.47. The van der Waals surface area contributed by atoms with Crippen molar-refractivity contribution in [3.05, 3.63) is 58.6 Å². The highest BCUT2D eigenvalue weighted by Gasteiger charge is 2.23. The number of halogens is 1. The van der Waals surface area contributed by atoms with E-state index in [0.29, 0.717) is 0 Å². The summed E-state index contributed by atoms with van der Waals surface area (Å²) in [6, 6.07) is 15.0. The van der Waals surface area contributed by atoms with Gasteiger partial charge >= 0.3 is 0 Å². The quantitative estimate of drug-likeness (QED) is 0.825. The summed E-state index contributed by atoms with van der Waals surface area (Å²) in [6.07, 6.45) is 2.09. The number of anilines is 2. The summed E-state index contributed by atoms with van der Waals surface area (Å²) >= 11 is 6.25. The third kappa shape index (κ3) is 4.30. The second-order valence-electron chi connectivity index (χ2n) is 7.49. The largest absolute Gasteiger partial charge is 0.395 e. The molecule has 2 heterocycles. The molecule has 0 bridgehead atoms. The predicted octanol–water partition coefficient (Wildman–Crippen LogP) is 3.38. The normalized spacial score (nSPS) is 17.6. The molecule has 1 saturated heterocycles. The van der Waals surface area contributed by atoms with Gasteiger partial charge in [-0.1, -0.05) is 29.8 Å². The van der Waals surface area contributed by atoms with E-state index in [9.17, 15) is 0 Å². The Morgan fingerprint density at radius 3 is 2.30 bits per heavy atom. The van der Waals surface area contributed by atoms with E-state index in [4.69, 9.17) is 16.7 Å². The summed E-state index contributed by atoms with van der Waals surface area (Å²) < 4.78 is 0. The van der Waals surface area contributed by atoms with Crippen molar-refractivity contribution in [2.24, 2.45) is 0 Å². The number of fused-ring (bicyclic) bond motifs is 2. The average molecular weight is 386 g/mol. The summed E-state index contributed by atoms with van der Waals surface area (Å²) in [5, 5.41) is 9.89. The molecular weight excluding hydrogens is 358 g/mol. The van der Waals surface area contributed by atoms with Gasteiger partial charge in [0, 0.05) is 62.1 Å². The van der Waals surface area contributed by atoms with Crippen molar-refractivity contribution in [2.75, 3.05) is 57.3 Å². The molecule has 0 atom stereocenters. The summed E-state index contributed by atoms with van der Waals surface area (Å²) in [6.45, 7) is 7.53. The Kier molecular flexibility index (Phi) is 5.98. The maximum absolute atomic E-state index is 9.08. The first kappa shape index (κ1) is 18.8. The van der Waals surface area contributed by atoms with Gasteiger partial charge in [0.2, 0.25) is 0 Å². The molecule has 0 aliphatic carbocycles. The number of hydrogen-bond donors (Lipinski definition) is 1. The Balaban J connectivity index is 1.40. The van der Waals surface area contributed by atoms with Crippen molar-refractivity contribution in [1.29, 1.82) is 0 Å². The number of nitrogens with zero attached hydrogens (tertiary/aromatic N) is 3. The molecule has 0 spiro atoms. The molecule has 2 aliphatic heterocycles. The van der Waals surface area contributed by atoms with Gasteiger partial charge in [-0.05, 0) is 48.4 Å². The van der Waals surface area contributed by atoms with Crippen LogP contribution in [0.2, 0.25) is 5.02 Å². The van der Waals surface area contributed by atoms with Crippen LogP contribution in [-0.4, -0.2) is 67.3 Å². The number of piperazine rings is 1. The number of aliphatic hydroxyl groups excluding tert-OH is 1. The number of para-hydroxylation sites is 1. The topological polar surface area (TPSA) is 30.0 Å². The second kappa shape index (κ2) is 8.61. The van der Waals surface area contributed by atoms with E-state index in [0.717, 1.165) is 63.7 Å². The smallest absolute Gasteiger partial charge is 0.0558 e. The lowest BCUT2D eigenvalue weighted by molar-refractivity contribution is 0.112. The minimum atomic E-state index is 0.262. The molecule has 0 saturated carbocycles. The van der Waals surface area contributed by atoms with Gasteiger partial charge in [-0.3, -0.25) is 4.90 Å². The minimum absolute atomic E-state index is 0.262. The summed E-state index contributed by atoms with van der Waals surface area (Å²) in [5.74, 6) is 0. The van der Waals surface area contributed by atoms with E-state index in [2.05, 4.69) is 51.1 Å². The minimum Gasteiger partial charge on any atom is -0.395 e. The van der Waals surface area contributed by atoms with E-state index < -0.39 is 0 Å². The Labute approximate surface area is 167 Å². The SMILES string of the molecule is OCCN1CCN(CCCN2c3ccccc3Cc3cc(Cl)ccc32)CC1. The Hall–Kier alpha value is -1.59. The molecule has 0 unspecified atom stereocenters. The number of hydrogen-bond acceptors (Lipinski definition) is 4. The van der Waals surface area contributed by atoms with Gasteiger partial charge in [0.1, 0.15) is 0 Å². The molecule has 0 aromatic heterocycles. The molecular formula is C22H28ClN3O. The molecule has 2 aromatic carbocycles. The zero-order chi connectivity index (χ0) is 18.6. The zero-order valence-electron chi connectivity index (χ0n) is 15.8. The number of rotatable bonds is 6. The fourth-order valence-electron chi connectivity index (χ4n) is 4.29. The molecule has 0 amide bonds. The third-order valence-corrected chi connectivity index (χ3v) is 5.97.